The summed E-state index contributed by atoms with van der Waals surface area (Å²) in [4.78, 5) is 14.1. The minimum Gasteiger partial charge on any atom is -0.339 e. The average molecular weight is 248 g/mol. The molecule has 0 spiro atoms. The number of likely N-dealkylation sites (tertiary alicyclic amines) is 1. The molecule has 1 saturated heterocycles. The van der Waals surface area contributed by atoms with Crippen LogP contribution in [-0.2, 0) is 11.3 Å². The van der Waals surface area contributed by atoms with Crippen molar-refractivity contribution >= 4 is 5.91 Å². The van der Waals surface area contributed by atoms with Crippen molar-refractivity contribution < 1.29 is 4.79 Å². The SMILES string of the molecule is Cc1cnn(CCN2CCC(NC3CC3)C2=O)c1. The molecular formula is C13H20N4O. The molecule has 1 amide bonds. The fourth-order valence-electron chi connectivity index (χ4n) is 2.46. The van der Waals surface area contributed by atoms with Crippen molar-refractivity contribution in [1.29, 1.82) is 0 Å². The molecule has 0 aromatic carbocycles. The third-order valence-electron chi connectivity index (χ3n) is 3.67. The van der Waals surface area contributed by atoms with E-state index in [4.69, 9.17) is 0 Å². The maximum absolute atomic E-state index is 12.1. The number of aryl methyl sites for hydroxylation is 1. The number of nitrogens with zero attached hydrogens (tertiary/aromatic N) is 3. The maximum atomic E-state index is 12.1. The van der Waals surface area contributed by atoms with Crippen LogP contribution in [0.25, 0.3) is 0 Å². The quantitative estimate of drug-likeness (QED) is 0.827. The minimum absolute atomic E-state index is 0.0665. The van der Waals surface area contributed by atoms with Crippen LogP contribution >= 0.6 is 0 Å². The van der Waals surface area contributed by atoms with Crippen LogP contribution in [0, 0.1) is 6.92 Å². The molecular weight excluding hydrogens is 228 g/mol. The van der Waals surface area contributed by atoms with Crippen LogP contribution < -0.4 is 5.32 Å². The summed E-state index contributed by atoms with van der Waals surface area (Å²) in [6.45, 7) is 4.46. The van der Waals surface area contributed by atoms with Gasteiger partial charge in [0.15, 0.2) is 0 Å². The molecule has 2 fully saturated rings. The predicted octanol–water partition coefficient (Wildman–Crippen LogP) is 0.544. The third-order valence-corrected chi connectivity index (χ3v) is 3.67. The van der Waals surface area contributed by atoms with Crippen molar-refractivity contribution in [3.63, 3.8) is 0 Å². The highest BCUT2D eigenvalue weighted by atomic mass is 16.2. The molecule has 0 radical (unpaired) electrons. The number of carbonyl (C=O) groups excluding carboxylic acids is 1. The summed E-state index contributed by atoms with van der Waals surface area (Å²) in [6, 6.07) is 0.671. The smallest absolute Gasteiger partial charge is 0.239 e. The number of amides is 1. The molecule has 2 heterocycles. The monoisotopic (exact) mass is 248 g/mol. The summed E-state index contributed by atoms with van der Waals surface area (Å²) in [5, 5.41) is 7.66. The lowest BCUT2D eigenvalue weighted by atomic mass is 10.2. The van der Waals surface area contributed by atoms with E-state index in [1.807, 2.05) is 28.9 Å². The van der Waals surface area contributed by atoms with Gasteiger partial charge in [-0.05, 0) is 31.7 Å². The van der Waals surface area contributed by atoms with Gasteiger partial charge in [-0.25, -0.2) is 0 Å². The van der Waals surface area contributed by atoms with Gasteiger partial charge in [0, 0.05) is 25.3 Å². The lowest BCUT2D eigenvalue weighted by molar-refractivity contribution is -0.129. The molecule has 5 heteroatoms. The van der Waals surface area contributed by atoms with Crippen LogP contribution in [0.3, 0.4) is 0 Å². The zero-order valence-corrected chi connectivity index (χ0v) is 10.8. The minimum atomic E-state index is 0.0665. The van der Waals surface area contributed by atoms with E-state index in [-0.39, 0.29) is 11.9 Å². The Morgan fingerprint density at radius 1 is 1.39 bits per heavy atom. The van der Waals surface area contributed by atoms with Gasteiger partial charge in [0.2, 0.25) is 5.91 Å². The van der Waals surface area contributed by atoms with Crippen LogP contribution in [0.4, 0.5) is 0 Å². The van der Waals surface area contributed by atoms with E-state index in [9.17, 15) is 4.79 Å². The van der Waals surface area contributed by atoms with E-state index in [1.165, 1.54) is 12.8 Å². The summed E-state index contributed by atoms with van der Waals surface area (Å²) in [5.74, 6) is 0.269. The Hall–Kier alpha value is -1.36. The largest absolute Gasteiger partial charge is 0.339 e. The van der Waals surface area contributed by atoms with Gasteiger partial charge in [0.25, 0.3) is 0 Å². The van der Waals surface area contributed by atoms with E-state index in [0.29, 0.717) is 6.04 Å². The topological polar surface area (TPSA) is 50.2 Å². The Morgan fingerprint density at radius 2 is 2.22 bits per heavy atom. The molecule has 98 valence electrons. The molecule has 1 unspecified atom stereocenters. The Kier molecular flexibility index (Phi) is 3.07. The highest BCUT2D eigenvalue weighted by molar-refractivity contribution is 5.84. The van der Waals surface area contributed by atoms with Crippen LogP contribution in [0.1, 0.15) is 24.8 Å². The van der Waals surface area contributed by atoms with Crippen molar-refractivity contribution in [3.8, 4) is 0 Å². The number of aromatic nitrogens is 2. The second-order valence-corrected chi connectivity index (χ2v) is 5.39. The molecule has 1 aromatic heterocycles. The standard InChI is InChI=1S/C13H20N4O/c1-10-8-14-17(9-10)7-6-16-5-4-12(13(16)18)15-11-2-3-11/h8-9,11-12,15H,2-7H2,1H3. The van der Waals surface area contributed by atoms with E-state index >= 15 is 0 Å². The molecule has 1 saturated carbocycles. The Labute approximate surface area is 107 Å². The first kappa shape index (κ1) is 11.7. The van der Waals surface area contributed by atoms with Crippen LogP contribution in [0.5, 0.6) is 0 Å². The number of hydrogen-bond acceptors (Lipinski definition) is 3. The normalized spacial score (nSPS) is 23.9. The summed E-state index contributed by atoms with van der Waals surface area (Å²) in [7, 11) is 0. The molecule has 1 atom stereocenters. The Bertz CT molecular complexity index is 438. The first-order valence-electron chi connectivity index (χ1n) is 6.76. The predicted molar refractivity (Wildman–Crippen MR) is 68.1 cm³/mol. The van der Waals surface area contributed by atoms with Crippen molar-refractivity contribution in [2.75, 3.05) is 13.1 Å². The first-order valence-corrected chi connectivity index (χ1v) is 6.76. The van der Waals surface area contributed by atoms with E-state index in [0.717, 1.165) is 31.6 Å². The third kappa shape index (κ3) is 2.56. The van der Waals surface area contributed by atoms with Gasteiger partial charge in [0.05, 0.1) is 18.8 Å². The lowest BCUT2D eigenvalue weighted by Gasteiger charge is -2.17. The first-order chi connectivity index (χ1) is 8.72. The van der Waals surface area contributed by atoms with Crippen molar-refractivity contribution in [2.24, 2.45) is 0 Å². The van der Waals surface area contributed by atoms with Gasteiger partial charge in [-0.3, -0.25) is 9.48 Å². The van der Waals surface area contributed by atoms with Gasteiger partial charge in [0.1, 0.15) is 0 Å². The number of hydrogen-bond donors (Lipinski definition) is 1. The number of carbonyl (C=O) groups is 1. The van der Waals surface area contributed by atoms with E-state index < -0.39 is 0 Å². The number of rotatable bonds is 5. The highest BCUT2D eigenvalue weighted by Crippen LogP contribution is 2.22. The molecule has 3 rings (SSSR count). The maximum Gasteiger partial charge on any atom is 0.239 e. The molecule has 0 bridgehead atoms. The van der Waals surface area contributed by atoms with Gasteiger partial charge >= 0.3 is 0 Å². The van der Waals surface area contributed by atoms with E-state index in [2.05, 4.69) is 10.4 Å². The molecule has 1 aliphatic carbocycles. The highest BCUT2D eigenvalue weighted by Gasteiger charge is 2.35. The lowest BCUT2D eigenvalue weighted by Crippen LogP contribution is -2.40. The Balaban J connectivity index is 1.49. The summed E-state index contributed by atoms with van der Waals surface area (Å²) < 4.78 is 1.91. The second kappa shape index (κ2) is 4.72. The average Bonchev–Trinajstić information content (AvgIpc) is 2.98. The summed E-state index contributed by atoms with van der Waals surface area (Å²) in [6.07, 6.45) is 7.28. The molecule has 18 heavy (non-hydrogen) atoms. The van der Waals surface area contributed by atoms with E-state index in [1.54, 1.807) is 0 Å². The van der Waals surface area contributed by atoms with Crippen molar-refractivity contribution in [2.45, 2.75) is 44.8 Å². The fourth-order valence-corrected chi connectivity index (χ4v) is 2.46. The summed E-state index contributed by atoms with van der Waals surface area (Å²) in [5.41, 5.74) is 1.16. The summed E-state index contributed by atoms with van der Waals surface area (Å²) >= 11 is 0. The van der Waals surface area contributed by atoms with Crippen molar-refractivity contribution in [3.05, 3.63) is 18.0 Å². The second-order valence-electron chi connectivity index (χ2n) is 5.39. The van der Waals surface area contributed by atoms with Crippen molar-refractivity contribution in [1.82, 2.24) is 20.0 Å². The zero-order valence-electron chi connectivity index (χ0n) is 10.8. The molecule has 5 nitrogen and oxygen atoms in total. The van der Waals surface area contributed by atoms with Crippen LogP contribution in [0.15, 0.2) is 12.4 Å². The van der Waals surface area contributed by atoms with Crippen LogP contribution in [-0.4, -0.2) is 45.8 Å². The van der Waals surface area contributed by atoms with Gasteiger partial charge in [-0.15, -0.1) is 0 Å². The van der Waals surface area contributed by atoms with Gasteiger partial charge < -0.3 is 10.2 Å². The molecule has 1 N–H and O–H groups in total. The molecule has 2 aliphatic rings. The molecule has 1 aliphatic heterocycles. The van der Waals surface area contributed by atoms with Gasteiger partial charge in [-0.2, -0.15) is 5.10 Å². The molecule has 1 aromatic rings. The Morgan fingerprint density at radius 3 is 2.89 bits per heavy atom. The zero-order chi connectivity index (χ0) is 12.5. The number of nitrogens with one attached hydrogen (secondary N) is 1. The van der Waals surface area contributed by atoms with Crippen LogP contribution in [0.2, 0.25) is 0 Å². The fraction of sp³-hybridized carbons (Fsp3) is 0.692. The van der Waals surface area contributed by atoms with Gasteiger partial charge in [-0.1, -0.05) is 0 Å².